The van der Waals surface area contributed by atoms with Crippen LogP contribution in [0.25, 0.3) is 0 Å². The van der Waals surface area contributed by atoms with Crippen LogP contribution in [-0.4, -0.2) is 16.2 Å². The third kappa shape index (κ3) is 5.73. The molecule has 0 saturated carbocycles. The molecule has 0 radical (unpaired) electrons. The third-order valence-electron chi connectivity index (χ3n) is 3.69. The maximum atomic E-state index is 10.2. The van der Waals surface area contributed by atoms with Gasteiger partial charge in [0, 0.05) is 0 Å². The molecule has 0 heterocycles. The lowest BCUT2D eigenvalue weighted by molar-refractivity contribution is 0.0697. The Bertz CT molecular complexity index is 674. The lowest BCUT2D eigenvalue weighted by Gasteiger charge is -2.25. The highest BCUT2D eigenvalue weighted by atomic mass is 16.4. The molecule has 3 heteroatoms. The van der Waals surface area contributed by atoms with Gasteiger partial charge < -0.3 is 10.2 Å². The summed E-state index contributed by atoms with van der Waals surface area (Å²) in [7, 11) is 0. The maximum absolute atomic E-state index is 10.2. The van der Waals surface area contributed by atoms with Crippen LogP contribution < -0.4 is 0 Å². The molecule has 2 aromatic carbocycles. The highest BCUT2D eigenvalue weighted by Gasteiger charge is 2.21. The van der Waals surface area contributed by atoms with E-state index in [9.17, 15) is 9.90 Å². The molecule has 0 aliphatic heterocycles. The number of benzene rings is 2. The Balaban J connectivity index is 0.000000272. The van der Waals surface area contributed by atoms with Gasteiger partial charge >= 0.3 is 5.97 Å². The fourth-order valence-corrected chi connectivity index (χ4v) is 2.18. The van der Waals surface area contributed by atoms with Crippen molar-refractivity contribution >= 4 is 5.97 Å². The molecule has 3 nitrogen and oxygen atoms in total. The van der Waals surface area contributed by atoms with Gasteiger partial charge in [0.25, 0.3) is 0 Å². The van der Waals surface area contributed by atoms with E-state index >= 15 is 0 Å². The van der Waals surface area contributed by atoms with Gasteiger partial charge in [0.2, 0.25) is 0 Å². The first-order valence-corrected chi connectivity index (χ1v) is 8.05. The first-order chi connectivity index (χ1) is 10.9. The van der Waals surface area contributed by atoms with Gasteiger partial charge in [0.05, 0.1) is 5.56 Å². The standard InChI is InChI=1S/C14H22O.C7H6O2/c1-13(2,3)10-7-8-12(15)11(9-10)14(4,5)6;8-7(9)6-4-2-1-3-5-6/h7-9,15H,1-6H3;1-5H,(H,8,9). The van der Waals surface area contributed by atoms with Gasteiger partial charge in [-0.3, -0.25) is 0 Å². The molecule has 0 amide bonds. The molecule has 2 aromatic rings. The zero-order chi connectivity index (χ0) is 18.5. The summed E-state index contributed by atoms with van der Waals surface area (Å²) in [4.78, 5) is 10.2. The first kappa shape index (κ1) is 19.8. The smallest absolute Gasteiger partial charge is 0.335 e. The molecule has 0 atom stereocenters. The number of phenolic OH excluding ortho intramolecular Hbond substituents is 1. The normalized spacial score (nSPS) is 11.4. The largest absolute Gasteiger partial charge is 0.508 e. The summed E-state index contributed by atoms with van der Waals surface area (Å²) in [5.41, 5.74) is 2.75. The van der Waals surface area contributed by atoms with Crippen LogP contribution in [-0.2, 0) is 10.8 Å². The van der Waals surface area contributed by atoms with Crippen LogP contribution in [0.1, 0.15) is 63.0 Å². The van der Waals surface area contributed by atoms with Gasteiger partial charge in [0.1, 0.15) is 5.75 Å². The van der Waals surface area contributed by atoms with Crippen LogP contribution >= 0.6 is 0 Å². The second-order valence-corrected chi connectivity index (χ2v) is 7.90. The minimum Gasteiger partial charge on any atom is -0.508 e. The van der Waals surface area contributed by atoms with Crippen molar-refractivity contribution in [1.82, 2.24) is 0 Å². The molecule has 2 N–H and O–H groups in total. The summed E-state index contributed by atoms with van der Waals surface area (Å²) in [5, 5.41) is 18.2. The van der Waals surface area contributed by atoms with Crippen LogP contribution in [0.4, 0.5) is 0 Å². The molecular formula is C21H28O3. The Morgan fingerprint density at radius 3 is 1.75 bits per heavy atom. The average molecular weight is 328 g/mol. The summed E-state index contributed by atoms with van der Waals surface area (Å²) < 4.78 is 0. The number of phenols is 1. The van der Waals surface area contributed by atoms with Gasteiger partial charge in [0.15, 0.2) is 0 Å². The summed E-state index contributed by atoms with van der Waals surface area (Å²) in [6.07, 6.45) is 0. The van der Waals surface area contributed by atoms with Gasteiger partial charge in [-0.05, 0) is 40.2 Å². The van der Waals surface area contributed by atoms with Crippen LogP contribution in [0, 0.1) is 0 Å². The van der Waals surface area contributed by atoms with E-state index in [1.54, 1.807) is 36.4 Å². The Kier molecular flexibility index (Phi) is 6.19. The molecule has 130 valence electrons. The zero-order valence-corrected chi connectivity index (χ0v) is 15.4. The van der Waals surface area contributed by atoms with Crippen molar-refractivity contribution in [2.45, 2.75) is 52.4 Å². The van der Waals surface area contributed by atoms with Crippen LogP contribution in [0.5, 0.6) is 5.75 Å². The minimum atomic E-state index is -0.879. The van der Waals surface area contributed by atoms with Crippen LogP contribution in [0.3, 0.4) is 0 Å². The molecule has 0 aromatic heterocycles. The number of carbonyl (C=O) groups is 1. The molecule has 0 saturated heterocycles. The molecule has 0 fully saturated rings. The van der Waals surface area contributed by atoms with Crippen molar-refractivity contribution < 1.29 is 15.0 Å². The van der Waals surface area contributed by atoms with E-state index in [1.807, 2.05) is 6.07 Å². The van der Waals surface area contributed by atoms with Crippen molar-refractivity contribution in [3.05, 3.63) is 65.2 Å². The number of carboxylic acids is 1. The van der Waals surface area contributed by atoms with Gasteiger partial charge in [-0.15, -0.1) is 0 Å². The van der Waals surface area contributed by atoms with Crippen LogP contribution in [0.2, 0.25) is 0 Å². The second-order valence-electron chi connectivity index (χ2n) is 7.90. The number of aromatic carboxylic acids is 1. The third-order valence-corrected chi connectivity index (χ3v) is 3.69. The van der Waals surface area contributed by atoms with E-state index in [0.29, 0.717) is 11.3 Å². The van der Waals surface area contributed by atoms with Gasteiger partial charge in [-0.2, -0.15) is 0 Å². The average Bonchev–Trinajstić information content (AvgIpc) is 2.47. The van der Waals surface area contributed by atoms with E-state index in [0.717, 1.165) is 5.56 Å². The molecule has 0 unspecified atom stereocenters. The number of rotatable bonds is 1. The Morgan fingerprint density at radius 2 is 1.38 bits per heavy atom. The Labute approximate surface area is 145 Å². The number of aromatic hydroxyl groups is 1. The Hall–Kier alpha value is -2.29. The van der Waals surface area contributed by atoms with Crippen molar-refractivity contribution in [3.8, 4) is 5.75 Å². The highest BCUT2D eigenvalue weighted by Crippen LogP contribution is 2.34. The predicted molar refractivity (Wildman–Crippen MR) is 98.9 cm³/mol. The molecule has 0 bridgehead atoms. The van der Waals surface area contributed by atoms with Crippen LogP contribution in [0.15, 0.2) is 48.5 Å². The summed E-state index contributed by atoms with van der Waals surface area (Å²) in [6.45, 7) is 12.9. The molecule has 0 aliphatic carbocycles. The second kappa shape index (κ2) is 7.52. The highest BCUT2D eigenvalue weighted by molar-refractivity contribution is 5.87. The van der Waals surface area contributed by atoms with Crippen molar-refractivity contribution in [2.24, 2.45) is 0 Å². The summed E-state index contributed by atoms with van der Waals surface area (Å²) in [6, 6.07) is 14.2. The molecule has 0 aliphatic rings. The first-order valence-electron chi connectivity index (χ1n) is 8.05. The van der Waals surface area contributed by atoms with Gasteiger partial charge in [-0.25, -0.2) is 4.79 Å². The topological polar surface area (TPSA) is 57.5 Å². The van der Waals surface area contributed by atoms with E-state index < -0.39 is 5.97 Å². The summed E-state index contributed by atoms with van der Waals surface area (Å²) in [5.74, 6) is -0.480. The monoisotopic (exact) mass is 328 g/mol. The lowest BCUT2D eigenvalue weighted by Crippen LogP contribution is -2.16. The quantitative estimate of drug-likeness (QED) is 0.739. The fourth-order valence-electron chi connectivity index (χ4n) is 2.18. The molecule has 0 spiro atoms. The SMILES string of the molecule is CC(C)(C)c1ccc(O)c(C(C)(C)C)c1.O=C(O)c1ccccc1. The van der Waals surface area contributed by atoms with E-state index in [1.165, 1.54) is 5.56 Å². The zero-order valence-electron chi connectivity index (χ0n) is 15.4. The van der Waals surface area contributed by atoms with E-state index in [-0.39, 0.29) is 10.8 Å². The van der Waals surface area contributed by atoms with Crippen molar-refractivity contribution in [1.29, 1.82) is 0 Å². The van der Waals surface area contributed by atoms with Crippen molar-refractivity contribution in [2.75, 3.05) is 0 Å². The predicted octanol–water partition coefficient (Wildman–Crippen LogP) is 5.37. The maximum Gasteiger partial charge on any atom is 0.335 e. The summed E-state index contributed by atoms with van der Waals surface area (Å²) >= 11 is 0. The minimum absolute atomic E-state index is 0.00859. The number of hydrogen-bond donors (Lipinski definition) is 2. The van der Waals surface area contributed by atoms with E-state index in [4.69, 9.17) is 5.11 Å². The number of hydrogen-bond acceptors (Lipinski definition) is 2. The lowest BCUT2D eigenvalue weighted by atomic mass is 9.80. The molecule has 2 rings (SSSR count). The molecule has 24 heavy (non-hydrogen) atoms. The van der Waals surface area contributed by atoms with Crippen molar-refractivity contribution in [3.63, 3.8) is 0 Å². The number of carboxylic acid groups (broad SMARTS) is 1. The van der Waals surface area contributed by atoms with E-state index in [2.05, 4.69) is 47.6 Å². The Morgan fingerprint density at radius 1 is 0.833 bits per heavy atom. The molecular weight excluding hydrogens is 300 g/mol. The fraction of sp³-hybridized carbons (Fsp3) is 0.381. The van der Waals surface area contributed by atoms with Gasteiger partial charge in [-0.1, -0.05) is 71.9 Å².